The number of rotatable bonds is 7. The van der Waals surface area contributed by atoms with Crippen LogP contribution in [0.15, 0.2) is 29.3 Å². The highest BCUT2D eigenvalue weighted by atomic mass is 127. The number of nitrogens with zero attached hydrogens (tertiary/aromatic N) is 2. The minimum atomic E-state index is 0. The summed E-state index contributed by atoms with van der Waals surface area (Å²) >= 11 is 0. The monoisotopic (exact) mass is 528 g/mol. The third-order valence-electron chi connectivity index (χ3n) is 6.51. The first kappa shape index (κ1) is 24.9. The maximum Gasteiger partial charge on any atom is 0.253 e. The summed E-state index contributed by atoms with van der Waals surface area (Å²) in [6.07, 6.45) is 7.39. The largest absolute Gasteiger partial charge is 0.378 e. The van der Waals surface area contributed by atoms with Gasteiger partial charge in [-0.2, -0.15) is 0 Å². The Morgan fingerprint density at radius 1 is 1.30 bits per heavy atom. The van der Waals surface area contributed by atoms with Gasteiger partial charge in [0.2, 0.25) is 0 Å². The molecule has 2 aliphatic rings. The van der Waals surface area contributed by atoms with Crippen LogP contribution in [0.3, 0.4) is 0 Å². The molecule has 0 saturated heterocycles. The molecule has 2 fully saturated rings. The Morgan fingerprint density at radius 3 is 2.67 bits per heavy atom. The van der Waals surface area contributed by atoms with Crippen LogP contribution in [0.2, 0.25) is 0 Å². The topological polar surface area (TPSA) is 66.0 Å². The summed E-state index contributed by atoms with van der Waals surface area (Å²) in [6.45, 7) is 3.65. The molecule has 1 amide bonds. The van der Waals surface area contributed by atoms with E-state index in [1.807, 2.05) is 25.2 Å². The Balaban J connectivity index is 0.00000320. The zero-order chi connectivity index (χ0) is 20.9. The first-order valence-electron chi connectivity index (χ1n) is 10.9. The van der Waals surface area contributed by atoms with E-state index in [1.165, 1.54) is 25.7 Å². The van der Waals surface area contributed by atoms with Gasteiger partial charge in [-0.1, -0.05) is 25.0 Å². The summed E-state index contributed by atoms with van der Waals surface area (Å²) in [5.74, 6) is 0.893. The van der Waals surface area contributed by atoms with Crippen LogP contribution in [-0.2, 0) is 11.2 Å². The molecule has 168 valence electrons. The van der Waals surface area contributed by atoms with Crippen molar-refractivity contribution < 1.29 is 9.53 Å². The van der Waals surface area contributed by atoms with Crippen molar-refractivity contribution in [2.75, 3.05) is 34.3 Å². The smallest absolute Gasteiger partial charge is 0.253 e. The minimum absolute atomic E-state index is 0. The number of guanidine groups is 1. The van der Waals surface area contributed by atoms with Gasteiger partial charge in [0.05, 0.1) is 6.10 Å². The van der Waals surface area contributed by atoms with Crippen LogP contribution in [-0.4, -0.2) is 63.2 Å². The molecule has 0 aromatic heterocycles. The standard InChI is InChI=1S/C23H36N4O2.HI/c1-5-29-20-16-19(23(20)12-6-7-13-23)26-22(24-2)25-14-11-17-9-8-10-18(15-17)21(28)27(3)4;/h8-10,15,19-20H,5-7,11-14,16H2,1-4H3,(H2,24,25,26);1H. The summed E-state index contributed by atoms with van der Waals surface area (Å²) in [6, 6.07) is 8.30. The number of hydrogen-bond donors (Lipinski definition) is 2. The third kappa shape index (κ3) is 5.46. The highest BCUT2D eigenvalue weighted by Crippen LogP contribution is 2.54. The normalized spacial score (nSPS) is 22.2. The van der Waals surface area contributed by atoms with Gasteiger partial charge in [0.25, 0.3) is 5.91 Å². The molecule has 2 saturated carbocycles. The molecule has 3 rings (SSSR count). The second kappa shape index (κ2) is 11.3. The Kier molecular flexibility index (Phi) is 9.40. The van der Waals surface area contributed by atoms with Crippen molar-refractivity contribution in [1.82, 2.24) is 15.5 Å². The maximum atomic E-state index is 12.2. The van der Waals surface area contributed by atoms with Crippen molar-refractivity contribution in [2.24, 2.45) is 10.4 Å². The van der Waals surface area contributed by atoms with E-state index in [1.54, 1.807) is 19.0 Å². The van der Waals surface area contributed by atoms with Crippen LogP contribution in [0.25, 0.3) is 0 Å². The number of hydrogen-bond acceptors (Lipinski definition) is 3. The molecule has 1 spiro atoms. The third-order valence-corrected chi connectivity index (χ3v) is 6.51. The summed E-state index contributed by atoms with van der Waals surface area (Å²) in [4.78, 5) is 18.2. The lowest BCUT2D eigenvalue weighted by molar-refractivity contribution is -0.125. The Labute approximate surface area is 198 Å². The van der Waals surface area contributed by atoms with Crippen molar-refractivity contribution in [3.05, 3.63) is 35.4 Å². The fourth-order valence-electron chi connectivity index (χ4n) is 4.89. The van der Waals surface area contributed by atoms with E-state index in [2.05, 4.69) is 28.6 Å². The van der Waals surface area contributed by atoms with Gasteiger partial charge in [0.15, 0.2) is 5.96 Å². The number of aliphatic imine (C=N–C) groups is 1. The minimum Gasteiger partial charge on any atom is -0.378 e. The number of carbonyl (C=O) groups excluding carboxylic acids is 1. The van der Waals surface area contributed by atoms with Gasteiger partial charge in [0.1, 0.15) is 0 Å². The highest BCUT2D eigenvalue weighted by Gasteiger charge is 2.56. The predicted molar refractivity (Wildman–Crippen MR) is 133 cm³/mol. The Bertz CT molecular complexity index is 732. The number of benzene rings is 1. The Morgan fingerprint density at radius 2 is 2.03 bits per heavy atom. The molecule has 30 heavy (non-hydrogen) atoms. The van der Waals surface area contributed by atoms with E-state index in [-0.39, 0.29) is 35.3 Å². The van der Waals surface area contributed by atoms with Gasteiger partial charge in [0, 0.05) is 51.3 Å². The highest BCUT2D eigenvalue weighted by molar-refractivity contribution is 14.0. The zero-order valence-electron chi connectivity index (χ0n) is 18.7. The van der Waals surface area contributed by atoms with Crippen LogP contribution in [0.1, 0.15) is 54.9 Å². The fourth-order valence-corrected chi connectivity index (χ4v) is 4.89. The molecule has 0 aliphatic heterocycles. The molecule has 0 bridgehead atoms. The lowest BCUT2D eigenvalue weighted by atomic mass is 9.60. The van der Waals surface area contributed by atoms with E-state index in [9.17, 15) is 4.79 Å². The van der Waals surface area contributed by atoms with Crippen LogP contribution in [0.4, 0.5) is 0 Å². The molecule has 1 aromatic rings. The lowest BCUT2D eigenvalue weighted by Crippen LogP contribution is -2.65. The summed E-state index contributed by atoms with van der Waals surface area (Å²) in [5, 5.41) is 7.10. The van der Waals surface area contributed by atoms with E-state index >= 15 is 0 Å². The van der Waals surface area contributed by atoms with Gasteiger partial charge >= 0.3 is 0 Å². The molecule has 0 radical (unpaired) electrons. The van der Waals surface area contributed by atoms with Crippen molar-refractivity contribution in [1.29, 1.82) is 0 Å². The number of carbonyl (C=O) groups is 1. The van der Waals surface area contributed by atoms with Gasteiger partial charge in [-0.05, 0) is 50.3 Å². The van der Waals surface area contributed by atoms with Crippen LogP contribution < -0.4 is 10.6 Å². The predicted octanol–water partition coefficient (Wildman–Crippen LogP) is 3.45. The zero-order valence-corrected chi connectivity index (χ0v) is 21.1. The molecule has 2 N–H and O–H groups in total. The first-order valence-corrected chi connectivity index (χ1v) is 10.9. The van der Waals surface area contributed by atoms with Crippen LogP contribution in [0, 0.1) is 5.41 Å². The van der Waals surface area contributed by atoms with Crippen LogP contribution >= 0.6 is 24.0 Å². The molecule has 1 aromatic carbocycles. The fraction of sp³-hybridized carbons (Fsp3) is 0.652. The molecular formula is C23H37IN4O2. The number of halogens is 1. The molecule has 6 nitrogen and oxygen atoms in total. The average Bonchev–Trinajstić information content (AvgIpc) is 3.24. The van der Waals surface area contributed by atoms with Crippen molar-refractivity contribution in [3.8, 4) is 0 Å². The van der Waals surface area contributed by atoms with Gasteiger partial charge in [-0.15, -0.1) is 24.0 Å². The number of ether oxygens (including phenoxy) is 1. The average molecular weight is 528 g/mol. The summed E-state index contributed by atoms with van der Waals surface area (Å²) in [7, 11) is 5.38. The van der Waals surface area contributed by atoms with E-state index in [0.717, 1.165) is 43.1 Å². The molecule has 7 heteroatoms. The SMILES string of the molecule is CCOC1CC(NC(=NC)NCCc2cccc(C(=O)N(C)C)c2)C12CCCC2.I. The molecule has 0 heterocycles. The molecule has 2 atom stereocenters. The van der Waals surface area contributed by atoms with Gasteiger partial charge < -0.3 is 20.3 Å². The van der Waals surface area contributed by atoms with E-state index in [0.29, 0.717) is 12.1 Å². The first-order chi connectivity index (χ1) is 14.0. The molecule has 2 unspecified atom stereocenters. The summed E-state index contributed by atoms with van der Waals surface area (Å²) < 4.78 is 6.02. The van der Waals surface area contributed by atoms with E-state index in [4.69, 9.17) is 4.74 Å². The van der Waals surface area contributed by atoms with E-state index < -0.39 is 0 Å². The number of amides is 1. The molecular weight excluding hydrogens is 491 g/mol. The molecule has 2 aliphatic carbocycles. The number of nitrogens with one attached hydrogen (secondary N) is 2. The summed E-state index contributed by atoms with van der Waals surface area (Å²) in [5.41, 5.74) is 2.16. The van der Waals surface area contributed by atoms with Crippen molar-refractivity contribution in [3.63, 3.8) is 0 Å². The van der Waals surface area contributed by atoms with Crippen molar-refractivity contribution in [2.45, 2.75) is 57.6 Å². The second-order valence-corrected chi connectivity index (χ2v) is 8.47. The maximum absolute atomic E-state index is 12.2. The lowest BCUT2D eigenvalue weighted by Gasteiger charge is -2.54. The van der Waals surface area contributed by atoms with Crippen molar-refractivity contribution >= 4 is 35.8 Å². The second-order valence-electron chi connectivity index (χ2n) is 8.47. The van der Waals surface area contributed by atoms with Gasteiger partial charge in [-0.3, -0.25) is 9.79 Å². The quantitative estimate of drug-likeness (QED) is 0.323. The van der Waals surface area contributed by atoms with Gasteiger partial charge in [-0.25, -0.2) is 0 Å². The van der Waals surface area contributed by atoms with Crippen LogP contribution in [0.5, 0.6) is 0 Å². The Hall–Kier alpha value is -1.35.